The molecular weight excluding hydrogens is 226 g/mol. The first kappa shape index (κ1) is 13.5. The van der Waals surface area contributed by atoms with Crippen molar-refractivity contribution in [2.75, 3.05) is 19.6 Å². The Balaban J connectivity index is 1.69. The van der Waals surface area contributed by atoms with E-state index in [-0.39, 0.29) is 0 Å². The molecule has 1 saturated heterocycles. The molecule has 1 atom stereocenters. The summed E-state index contributed by atoms with van der Waals surface area (Å²) in [6.07, 6.45) is 5.50. The Hall–Kier alpha value is -0.940. The van der Waals surface area contributed by atoms with Gasteiger partial charge in [-0.25, -0.2) is 4.98 Å². The van der Waals surface area contributed by atoms with E-state index in [4.69, 9.17) is 0 Å². The van der Waals surface area contributed by atoms with E-state index in [1.807, 2.05) is 6.92 Å². The maximum Gasteiger partial charge on any atom is 0.164 e. The molecule has 0 aromatic carbocycles. The average Bonchev–Trinajstić information content (AvgIpc) is 2.60. The molecule has 2 rings (SSSR count). The van der Waals surface area contributed by atoms with Crippen molar-refractivity contribution in [3.05, 3.63) is 11.6 Å². The molecule has 18 heavy (non-hydrogen) atoms. The fourth-order valence-corrected chi connectivity index (χ4v) is 2.50. The number of hydrogen-bond donors (Lipinski definition) is 2. The van der Waals surface area contributed by atoms with Gasteiger partial charge in [-0.15, -0.1) is 0 Å². The van der Waals surface area contributed by atoms with Gasteiger partial charge in [0.1, 0.15) is 5.82 Å². The molecular formula is C13H25N5. The number of aryl methyl sites for hydroxylation is 1. The van der Waals surface area contributed by atoms with Gasteiger partial charge in [0.25, 0.3) is 0 Å². The van der Waals surface area contributed by atoms with Gasteiger partial charge in [0.05, 0.1) is 6.54 Å². The van der Waals surface area contributed by atoms with Crippen LogP contribution in [0.5, 0.6) is 0 Å². The molecule has 1 aliphatic rings. The molecule has 1 unspecified atom stereocenters. The van der Waals surface area contributed by atoms with Crippen LogP contribution in [0.25, 0.3) is 0 Å². The van der Waals surface area contributed by atoms with Gasteiger partial charge in [0.2, 0.25) is 0 Å². The van der Waals surface area contributed by atoms with Crippen LogP contribution in [0.2, 0.25) is 0 Å². The van der Waals surface area contributed by atoms with Gasteiger partial charge in [-0.1, -0.05) is 12.8 Å². The Morgan fingerprint density at radius 3 is 2.61 bits per heavy atom. The van der Waals surface area contributed by atoms with Crippen LogP contribution >= 0.6 is 0 Å². The monoisotopic (exact) mass is 251 g/mol. The average molecular weight is 251 g/mol. The lowest BCUT2D eigenvalue weighted by atomic mass is 10.2. The van der Waals surface area contributed by atoms with Crippen molar-refractivity contribution in [2.45, 2.75) is 52.1 Å². The summed E-state index contributed by atoms with van der Waals surface area (Å²) in [7, 11) is 0. The smallest absolute Gasteiger partial charge is 0.164 e. The second-order valence-corrected chi connectivity index (χ2v) is 5.33. The maximum atomic E-state index is 4.30. The van der Waals surface area contributed by atoms with E-state index in [2.05, 4.69) is 32.3 Å². The lowest BCUT2D eigenvalue weighted by molar-refractivity contribution is 0.255. The molecule has 0 saturated carbocycles. The molecule has 5 heteroatoms. The zero-order valence-electron chi connectivity index (χ0n) is 11.6. The minimum atomic E-state index is 0.488. The Kier molecular flexibility index (Phi) is 5.13. The molecule has 1 aromatic heterocycles. The van der Waals surface area contributed by atoms with Crippen LogP contribution in [0.3, 0.4) is 0 Å². The highest BCUT2D eigenvalue weighted by atomic mass is 15.2. The zero-order valence-corrected chi connectivity index (χ0v) is 11.6. The summed E-state index contributed by atoms with van der Waals surface area (Å²) >= 11 is 0. The van der Waals surface area contributed by atoms with Gasteiger partial charge < -0.3 is 10.2 Å². The third-order valence-electron chi connectivity index (χ3n) is 3.48. The van der Waals surface area contributed by atoms with Gasteiger partial charge in [-0.2, -0.15) is 5.10 Å². The Labute approximate surface area is 109 Å². The molecule has 102 valence electrons. The van der Waals surface area contributed by atoms with Gasteiger partial charge in [0.15, 0.2) is 5.82 Å². The molecule has 1 fully saturated rings. The minimum absolute atomic E-state index is 0.488. The quantitative estimate of drug-likeness (QED) is 0.832. The largest absolute Gasteiger partial charge is 0.306 e. The van der Waals surface area contributed by atoms with Crippen LogP contribution in [0.15, 0.2) is 0 Å². The predicted octanol–water partition coefficient (Wildman–Crippen LogP) is 1.47. The van der Waals surface area contributed by atoms with Gasteiger partial charge in [0, 0.05) is 12.6 Å². The standard InChI is InChI=1S/C13H25N5/c1-11(10-18-7-5-3-4-6-8-18)14-9-13-15-12(2)16-17-13/h11,14H,3-10H2,1-2H3,(H,15,16,17). The summed E-state index contributed by atoms with van der Waals surface area (Å²) in [6.45, 7) is 8.56. The molecule has 0 spiro atoms. The normalized spacial score (nSPS) is 19.7. The zero-order chi connectivity index (χ0) is 12.8. The van der Waals surface area contributed by atoms with Crippen molar-refractivity contribution in [3.63, 3.8) is 0 Å². The Bertz CT molecular complexity index is 341. The van der Waals surface area contributed by atoms with Crippen molar-refractivity contribution in [3.8, 4) is 0 Å². The highest BCUT2D eigenvalue weighted by Crippen LogP contribution is 2.09. The van der Waals surface area contributed by atoms with Crippen LogP contribution in [0, 0.1) is 6.92 Å². The molecule has 1 aromatic rings. The summed E-state index contributed by atoms with van der Waals surface area (Å²) in [5.74, 6) is 1.74. The first-order valence-electron chi connectivity index (χ1n) is 7.07. The van der Waals surface area contributed by atoms with E-state index in [1.54, 1.807) is 0 Å². The fourth-order valence-electron chi connectivity index (χ4n) is 2.50. The lowest BCUT2D eigenvalue weighted by Crippen LogP contribution is -2.39. The third-order valence-corrected chi connectivity index (χ3v) is 3.48. The topological polar surface area (TPSA) is 56.8 Å². The number of H-pyrrole nitrogens is 1. The van der Waals surface area contributed by atoms with E-state index in [1.165, 1.54) is 38.8 Å². The summed E-state index contributed by atoms with van der Waals surface area (Å²) in [5, 5.41) is 10.5. The third kappa shape index (κ3) is 4.38. The van der Waals surface area contributed by atoms with Gasteiger partial charge >= 0.3 is 0 Å². The number of rotatable bonds is 5. The molecule has 2 heterocycles. The predicted molar refractivity (Wildman–Crippen MR) is 72.3 cm³/mol. The van der Waals surface area contributed by atoms with Crippen molar-refractivity contribution < 1.29 is 0 Å². The summed E-state index contributed by atoms with van der Waals surface area (Å²) in [4.78, 5) is 6.88. The number of hydrogen-bond acceptors (Lipinski definition) is 4. The fraction of sp³-hybridized carbons (Fsp3) is 0.846. The summed E-state index contributed by atoms with van der Waals surface area (Å²) < 4.78 is 0. The molecule has 0 bridgehead atoms. The van der Waals surface area contributed by atoms with Crippen LogP contribution in [0.1, 0.15) is 44.3 Å². The van der Waals surface area contributed by atoms with Crippen LogP contribution < -0.4 is 5.32 Å². The molecule has 0 amide bonds. The Morgan fingerprint density at radius 1 is 1.28 bits per heavy atom. The maximum absolute atomic E-state index is 4.30. The van der Waals surface area contributed by atoms with Crippen molar-refractivity contribution in [2.24, 2.45) is 0 Å². The molecule has 0 aliphatic carbocycles. The van der Waals surface area contributed by atoms with Crippen LogP contribution in [-0.4, -0.2) is 45.8 Å². The highest BCUT2D eigenvalue weighted by molar-refractivity contribution is 4.87. The summed E-state index contributed by atoms with van der Waals surface area (Å²) in [5.41, 5.74) is 0. The first-order chi connectivity index (χ1) is 8.74. The molecule has 1 aliphatic heterocycles. The number of aromatic amines is 1. The van der Waals surface area contributed by atoms with Crippen molar-refractivity contribution >= 4 is 0 Å². The van der Waals surface area contributed by atoms with E-state index >= 15 is 0 Å². The van der Waals surface area contributed by atoms with Gasteiger partial charge in [-0.05, 0) is 39.8 Å². The van der Waals surface area contributed by atoms with E-state index in [9.17, 15) is 0 Å². The van der Waals surface area contributed by atoms with Crippen molar-refractivity contribution in [1.82, 2.24) is 25.4 Å². The first-order valence-corrected chi connectivity index (χ1v) is 7.07. The van der Waals surface area contributed by atoms with E-state index in [0.29, 0.717) is 6.04 Å². The second kappa shape index (κ2) is 6.85. The highest BCUT2D eigenvalue weighted by Gasteiger charge is 2.12. The van der Waals surface area contributed by atoms with E-state index in [0.717, 1.165) is 24.7 Å². The molecule has 0 radical (unpaired) electrons. The molecule has 5 nitrogen and oxygen atoms in total. The Morgan fingerprint density at radius 2 is 2.00 bits per heavy atom. The number of aromatic nitrogens is 3. The number of nitrogens with one attached hydrogen (secondary N) is 2. The molecule has 2 N–H and O–H groups in total. The van der Waals surface area contributed by atoms with E-state index < -0.39 is 0 Å². The van der Waals surface area contributed by atoms with Crippen LogP contribution in [-0.2, 0) is 6.54 Å². The van der Waals surface area contributed by atoms with Crippen LogP contribution in [0.4, 0.5) is 0 Å². The van der Waals surface area contributed by atoms with Crippen molar-refractivity contribution in [1.29, 1.82) is 0 Å². The SMILES string of the molecule is Cc1nc(CNC(C)CN2CCCCCC2)n[nH]1. The lowest BCUT2D eigenvalue weighted by Gasteiger charge is -2.24. The second-order valence-electron chi connectivity index (χ2n) is 5.33. The number of nitrogens with zero attached hydrogens (tertiary/aromatic N) is 3. The minimum Gasteiger partial charge on any atom is -0.306 e. The summed E-state index contributed by atoms with van der Waals surface area (Å²) in [6, 6.07) is 0.488. The van der Waals surface area contributed by atoms with Gasteiger partial charge in [-0.3, -0.25) is 5.10 Å². The number of likely N-dealkylation sites (tertiary alicyclic amines) is 1.